The van der Waals surface area contributed by atoms with E-state index in [9.17, 15) is 0 Å². The zero-order valence-electron chi connectivity index (χ0n) is 9.79. The van der Waals surface area contributed by atoms with Crippen LogP contribution in [0.2, 0.25) is 0 Å². The maximum atomic E-state index is 6.38. The number of ether oxygens (including phenoxy) is 1. The zero-order chi connectivity index (χ0) is 11.0. The summed E-state index contributed by atoms with van der Waals surface area (Å²) in [6.45, 7) is 4.19. The quantitative estimate of drug-likeness (QED) is 0.810. The highest BCUT2D eigenvalue weighted by atomic mass is 32.1. The summed E-state index contributed by atoms with van der Waals surface area (Å²) < 4.78 is 6.38. The molecule has 0 radical (unpaired) electrons. The molecule has 0 aromatic carbocycles. The number of aryl methyl sites for hydroxylation is 1. The topological polar surface area (TPSA) is 21.3 Å². The molecule has 0 bridgehead atoms. The second kappa shape index (κ2) is 4.13. The SMILES string of the molecule is Cc1ccc(C2CNCC3(CCCC3)O2)s1. The summed E-state index contributed by atoms with van der Waals surface area (Å²) in [5.74, 6) is 0. The molecule has 2 nitrogen and oxygen atoms in total. The predicted molar refractivity (Wildman–Crippen MR) is 67.0 cm³/mol. The highest BCUT2D eigenvalue weighted by Gasteiger charge is 2.40. The Kier molecular flexibility index (Phi) is 2.78. The van der Waals surface area contributed by atoms with E-state index in [1.54, 1.807) is 0 Å². The van der Waals surface area contributed by atoms with Crippen LogP contribution in [0, 0.1) is 6.92 Å². The summed E-state index contributed by atoms with van der Waals surface area (Å²) in [7, 11) is 0. The lowest BCUT2D eigenvalue weighted by Crippen LogP contribution is -2.48. The van der Waals surface area contributed by atoms with Crippen molar-refractivity contribution in [3.8, 4) is 0 Å². The lowest BCUT2D eigenvalue weighted by Gasteiger charge is -2.39. The molecule has 2 fully saturated rings. The van der Waals surface area contributed by atoms with Gasteiger partial charge in [0, 0.05) is 22.8 Å². The summed E-state index contributed by atoms with van der Waals surface area (Å²) in [6, 6.07) is 4.42. The van der Waals surface area contributed by atoms with E-state index < -0.39 is 0 Å². The zero-order valence-corrected chi connectivity index (χ0v) is 10.6. The molecule has 1 unspecified atom stereocenters. The van der Waals surface area contributed by atoms with E-state index in [2.05, 4.69) is 24.4 Å². The summed E-state index contributed by atoms with van der Waals surface area (Å²) in [5.41, 5.74) is 0.154. The Morgan fingerprint density at radius 2 is 2.19 bits per heavy atom. The maximum absolute atomic E-state index is 6.38. The van der Waals surface area contributed by atoms with Crippen LogP contribution < -0.4 is 5.32 Å². The minimum Gasteiger partial charge on any atom is -0.364 e. The molecule has 1 aromatic rings. The molecule has 16 heavy (non-hydrogen) atoms. The lowest BCUT2D eigenvalue weighted by atomic mass is 9.99. The van der Waals surface area contributed by atoms with Crippen LogP contribution in [-0.4, -0.2) is 18.7 Å². The van der Waals surface area contributed by atoms with Crippen LogP contribution in [0.5, 0.6) is 0 Å². The normalized spacial score (nSPS) is 28.7. The first kappa shape index (κ1) is 10.8. The van der Waals surface area contributed by atoms with Crippen LogP contribution in [0.3, 0.4) is 0 Å². The summed E-state index contributed by atoms with van der Waals surface area (Å²) >= 11 is 1.87. The van der Waals surface area contributed by atoms with Gasteiger partial charge in [0.1, 0.15) is 6.10 Å². The van der Waals surface area contributed by atoms with Crippen molar-refractivity contribution in [2.45, 2.75) is 44.3 Å². The first-order valence-electron chi connectivity index (χ1n) is 6.22. The average molecular weight is 237 g/mol. The van der Waals surface area contributed by atoms with Crippen molar-refractivity contribution in [2.75, 3.05) is 13.1 Å². The van der Waals surface area contributed by atoms with Gasteiger partial charge in [0.05, 0.1) is 5.60 Å². The molecule has 1 aromatic heterocycles. The van der Waals surface area contributed by atoms with E-state index in [-0.39, 0.29) is 11.7 Å². The van der Waals surface area contributed by atoms with Gasteiger partial charge in [-0.2, -0.15) is 0 Å². The van der Waals surface area contributed by atoms with Crippen molar-refractivity contribution in [3.63, 3.8) is 0 Å². The average Bonchev–Trinajstić information content (AvgIpc) is 2.89. The fourth-order valence-electron chi connectivity index (χ4n) is 2.92. The van der Waals surface area contributed by atoms with Crippen molar-refractivity contribution in [1.29, 1.82) is 0 Å². The predicted octanol–water partition coefficient (Wildman–Crippen LogP) is 3.03. The minimum atomic E-state index is 0.154. The van der Waals surface area contributed by atoms with Crippen molar-refractivity contribution in [3.05, 3.63) is 21.9 Å². The molecule has 1 spiro atoms. The number of thiophene rings is 1. The van der Waals surface area contributed by atoms with E-state index in [0.717, 1.165) is 13.1 Å². The fraction of sp³-hybridized carbons (Fsp3) is 0.692. The minimum absolute atomic E-state index is 0.154. The van der Waals surface area contributed by atoms with Gasteiger partial charge in [-0.25, -0.2) is 0 Å². The van der Waals surface area contributed by atoms with Gasteiger partial charge >= 0.3 is 0 Å². The number of hydrogen-bond donors (Lipinski definition) is 1. The summed E-state index contributed by atoms with van der Waals surface area (Å²) in [5, 5.41) is 3.56. The Morgan fingerprint density at radius 1 is 1.38 bits per heavy atom. The highest BCUT2D eigenvalue weighted by molar-refractivity contribution is 7.12. The second-order valence-electron chi connectivity index (χ2n) is 5.08. The molecule has 88 valence electrons. The molecule has 3 heteroatoms. The summed E-state index contributed by atoms with van der Waals surface area (Å²) in [6.07, 6.45) is 5.42. The van der Waals surface area contributed by atoms with E-state index in [4.69, 9.17) is 4.74 Å². The van der Waals surface area contributed by atoms with E-state index in [0.29, 0.717) is 0 Å². The van der Waals surface area contributed by atoms with Crippen molar-refractivity contribution >= 4 is 11.3 Å². The largest absolute Gasteiger partial charge is 0.364 e. The van der Waals surface area contributed by atoms with Crippen LogP contribution in [0.25, 0.3) is 0 Å². The number of hydrogen-bond acceptors (Lipinski definition) is 3. The lowest BCUT2D eigenvalue weighted by molar-refractivity contribution is -0.113. The first-order valence-corrected chi connectivity index (χ1v) is 7.04. The second-order valence-corrected chi connectivity index (χ2v) is 6.40. The molecule has 1 aliphatic heterocycles. The monoisotopic (exact) mass is 237 g/mol. The van der Waals surface area contributed by atoms with Gasteiger partial charge in [-0.1, -0.05) is 12.8 Å². The molecular formula is C13H19NOS. The van der Waals surface area contributed by atoms with Crippen molar-refractivity contribution < 1.29 is 4.74 Å². The highest BCUT2D eigenvalue weighted by Crippen LogP contribution is 2.40. The Labute approximate surface area is 101 Å². The molecule has 1 saturated heterocycles. The smallest absolute Gasteiger partial charge is 0.105 e. The molecule has 2 heterocycles. The van der Waals surface area contributed by atoms with Gasteiger partial charge in [0.2, 0.25) is 0 Å². The Hall–Kier alpha value is -0.380. The van der Waals surface area contributed by atoms with Crippen LogP contribution in [0.4, 0.5) is 0 Å². The van der Waals surface area contributed by atoms with Gasteiger partial charge in [-0.05, 0) is 31.9 Å². The van der Waals surface area contributed by atoms with Gasteiger partial charge < -0.3 is 10.1 Å². The third-order valence-electron chi connectivity index (χ3n) is 3.76. The standard InChI is InChI=1S/C13H19NOS/c1-10-4-5-12(16-10)11-8-14-9-13(15-11)6-2-3-7-13/h4-5,11,14H,2-3,6-9H2,1H3. The van der Waals surface area contributed by atoms with Gasteiger partial charge in [0.15, 0.2) is 0 Å². The van der Waals surface area contributed by atoms with Crippen LogP contribution in [0.15, 0.2) is 12.1 Å². The molecular weight excluding hydrogens is 218 g/mol. The van der Waals surface area contributed by atoms with E-state index in [1.165, 1.54) is 35.4 Å². The van der Waals surface area contributed by atoms with Crippen molar-refractivity contribution in [1.82, 2.24) is 5.32 Å². The van der Waals surface area contributed by atoms with E-state index >= 15 is 0 Å². The van der Waals surface area contributed by atoms with Crippen LogP contribution in [0.1, 0.15) is 41.5 Å². The number of rotatable bonds is 1. The number of morpholine rings is 1. The van der Waals surface area contributed by atoms with Gasteiger partial charge in [-0.3, -0.25) is 0 Å². The molecule has 1 saturated carbocycles. The Morgan fingerprint density at radius 3 is 2.88 bits per heavy atom. The Balaban J connectivity index is 1.77. The first-order chi connectivity index (χ1) is 7.77. The molecule has 0 amide bonds. The fourth-order valence-corrected chi connectivity index (χ4v) is 3.82. The summed E-state index contributed by atoms with van der Waals surface area (Å²) in [4.78, 5) is 2.76. The van der Waals surface area contributed by atoms with E-state index in [1.807, 2.05) is 11.3 Å². The molecule has 2 aliphatic rings. The Bertz CT molecular complexity index is 368. The molecule has 1 atom stereocenters. The van der Waals surface area contributed by atoms with Gasteiger partial charge in [0.25, 0.3) is 0 Å². The molecule has 3 rings (SSSR count). The van der Waals surface area contributed by atoms with Crippen LogP contribution in [-0.2, 0) is 4.74 Å². The molecule has 1 aliphatic carbocycles. The van der Waals surface area contributed by atoms with Gasteiger partial charge in [-0.15, -0.1) is 11.3 Å². The maximum Gasteiger partial charge on any atom is 0.105 e. The number of nitrogens with one attached hydrogen (secondary N) is 1. The third kappa shape index (κ3) is 1.92. The van der Waals surface area contributed by atoms with Crippen LogP contribution >= 0.6 is 11.3 Å². The molecule has 1 N–H and O–H groups in total. The third-order valence-corrected chi connectivity index (χ3v) is 4.86. The van der Waals surface area contributed by atoms with Crippen molar-refractivity contribution in [2.24, 2.45) is 0 Å².